The zero-order valence-corrected chi connectivity index (χ0v) is 31.3. The molecular formula is C48H54N2. The molecule has 0 unspecified atom stereocenters. The van der Waals surface area contributed by atoms with Gasteiger partial charge in [-0.1, -0.05) is 158 Å². The van der Waals surface area contributed by atoms with Crippen LogP contribution < -0.4 is 5.32 Å². The van der Waals surface area contributed by atoms with Crippen molar-refractivity contribution in [1.29, 1.82) is 0 Å². The number of aromatic nitrogens is 1. The Morgan fingerprint density at radius 1 is 0.880 bits per heavy atom. The highest BCUT2D eigenvalue weighted by Gasteiger charge is 2.30. The maximum atomic E-state index is 3.83. The van der Waals surface area contributed by atoms with E-state index in [0.717, 1.165) is 18.5 Å². The maximum Gasteiger partial charge on any atom is 0.0712 e. The molecule has 256 valence electrons. The second-order valence-electron chi connectivity index (χ2n) is 13.5. The first-order valence-corrected chi connectivity index (χ1v) is 18.4. The van der Waals surface area contributed by atoms with E-state index >= 15 is 0 Å². The average molecular weight is 659 g/mol. The molecule has 7 rings (SSSR count). The van der Waals surface area contributed by atoms with Crippen LogP contribution >= 0.6 is 0 Å². The van der Waals surface area contributed by atoms with E-state index in [1.165, 1.54) is 66.8 Å². The van der Waals surface area contributed by atoms with Crippen LogP contribution in [0, 0.1) is 0 Å². The maximum absolute atomic E-state index is 3.83. The molecule has 0 fully saturated rings. The van der Waals surface area contributed by atoms with Crippen LogP contribution in [0.15, 0.2) is 157 Å². The van der Waals surface area contributed by atoms with Crippen molar-refractivity contribution in [2.75, 3.05) is 5.32 Å². The number of allylic oxidation sites excluding steroid dienone is 13. The summed E-state index contributed by atoms with van der Waals surface area (Å²) in [5.74, 6) is 0. The lowest BCUT2D eigenvalue weighted by atomic mass is 9.81. The van der Waals surface area contributed by atoms with Crippen molar-refractivity contribution in [2.24, 2.45) is 0 Å². The van der Waals surface area contributed by atoms with Gasteiger partial charge in [0.2, 0.25) is 0 Å². The van der Waals surface area contributed by atoms with Gasteiger partial charge in [0.25, 0.3) is 0 Å². The fourth-order valence-electron chi connectivity index (χ4n) is 7.20. The number of benzene rings is 3. The highest BCUT2D eigenvalue weighted by Crippen LogP contribution is 2.46. The van der Waals surface area contributed by atoms with Crippen molar-refractivity contribution in [2.45, 2.75) is 79.7 Å². The molecular weight excluding hydrogens is 605 g/mol. The highest BCUT2D eigenvalue weighted by molar-refractivity contribution is 5.99. The summed E-state index contributed by atoms with van der Waals surface area (Å²) in [6, 6.07) is 26.8. The topological polar surface area (TPSA) is 17.0 Å². The summed E-state index contributed by atoms with van der Waals surface area (Å²) < 4.78 is 2.57. The second-order valence-corrected chi connectivity index (χ2v) is 13.5. The zero-order valence-electron chi connectivity index (χ0n) is 31.3. The highest BCUT2D eigenvalue weighted by atomic mass is 15.0. The average Bonchev–Trinajstić information content (AvgIpc) is 3.95. The van der Waals surface area contributed by atoms with Gasteiger partial charge >= 0.3 is 0 Å². The number of hydrogen-bond acceptors (Lipinski definition) is 1. The van der Waals surface area contributed by atoms with Crippen LogP contribution in [0.4, 0.5) is 5.69 Å². The van der Waals surface area contributed by atoms with Crippen molar-refractivity contribution in [3.63, 3.8) is 0 Å². The normalized spacial score (nSPS) is 15.5. The van der Waals surface area contributed by atoms with Crippen LogP contribution in [0.1, 0.15) is 95.8 Å². The minimum Gasteiger partial charge on any atom is -0.358 e. The van der Waals surface area contributed by atoms with E-state index in [1.54, 1.807) is 0 Å². The summed E-state index contributed by atoms with van der Waals surface area (Å²) in [5, 5.41) is 5.09. The van der Waals surface area contributed by atoms with Crippen molar-refractivity contribution < 1.29 is 0 Å². The third kappa shape index (κ3) is 7.26. The monoisotopic (exact) mass is 658 g/mol. The molecule has 0 bridgehead atoms. The third-order valence-corrected chi connectivity index (χ3v) is 9.39. The molecule has 0 saturated carbocycles. The molecule has 3 aromatic carbocycles. The molecule has 2 nitrogen and oxygen atoms in total. The van der Waals surface area contributed by atoms with E-state index in [9.17, 15) is 0 Å². The quantitative estimate of drug-likeness (QED) is 0.186. The number of nitrogens with one attached hydrogen (secondary N) is 1. The Hall–Kier alpha value is -5.08. The largest absolute Gasteiger partial charge is 0.358 e. The van der Waals surface area contributed by atoms with Gasteiger partial charge in [0.15, 0.2) is 0 Å². The SMILES string of the molecule is C=C/C=C\C=C(/C)C1=C(Nc2ccccc2)CC(c2ccc3c(c2)c2c(n3C3C=CC=C3)C(c3ccccc3C(C)(C)C)=CC2)=C1.CC.CC. The summed E-state index contributed by atoms with van der Waals surface area (Å²) in [7, 11) is 0. The van der Waals surface area contributed by atoms with Gasteiger partial charge in [-0.2, -0.15) is 0 Å². The molecule has 2 heteroatoms. The summed E-state index contributed by atoms with van der Waals surface area (Å²) in [6.07, 6.45) is 23.6. The molecule has 3 aliphatic rings. The molecule has 1 heterocycles. The smallest absolute Gasteiger partial charge is 0.0712 e. The molecule has 0 aliphatic heterocycles. The molecule has 1 aromatic heterocycles. The number of anilines is 1. The molecule has 0 spiro atoms. The van der Waals surface area contributed by atoms with Gasteiger partial charge in [0, 0.05) is 34.3 Å². The predicted octanol–water partition coefficient (Wildman–Crippen LogP) is 13.5. The lowest BCUT2D eigenvalue weighted by Gasteiger charge is -2.25. The zero-order chi connectivity index (χ0) is 35.8. The fraction of sp³-hybridized carbons (Fsp3) is 0.250. The molecule has 0 atom stereocenters. The van der Waals surface area contributed by atoms with Crippen LogP contribution in [-0.4, -0.2) is 4.57 Å². The Bertz CT molecular complexity index is 2050. The van der Waals surface area contributed by atoms with E-state index < -0.39 is 0 Å². The van der Waals surface area contributed by atoms with Crippen molar-refractivity contribution in [3.05, 3.63) is 185 Å². The minimum atomic E-state index is 0.0521. The molecule has 3 aliphatic carbocycles. The van der Waals surface area contributed by atoms with Gasteiger partial charge in [-0.25, -0.2) is 0 Å². The van der Waals surface area contributed by atoms with E-state index in [2.05, 4.69) is 166 Å². The predicted molar refractivity (Wildman–Crippen MR) is 221 cm³/mol. The van der Waals surface area contributed by atoms with E-state index in [0.29, 0.717) is 0 Å². The Kier molecular flexibility index (Phi) is 11.6. The Balaban J connectivity index is 0.00000117. The van der Waals surface area contributed by atoms with Crippen LogP contribution in [0.2, 0.25) is 0 Å². The molecule has 0 radical (unpaired) electrons. The third-order valence-electron chi connectivity index (χ3n) is 9.39. The molecule has 4 aromatic rings. The number of rotatable bonds is 8. The van der Waals surface area contributed by atoms with E-state index in [1.807, 2.05) is 39.8 Å². The summed E-state index contributed by atoms with van der Waals surface area (Å²) in [4.78, 5) is 0. The van der Waals surface area contributed by atoms with Crippen molar-refractivity contribution in [1.82, 2.24) is 4.57 Å². The van der Waals surface area contributed by atoms with Crippen molar-refractivity contribution in [3.8, 4) is 0 Å². The Morgan fingerprint density at radius 3 is 2.28 bits per heavy atom. The summed E-state index contributed by atoms with van der Waals surface area (Å²) in [6.45, 7) is 21.0. The first-order chi connectivity index (χ1) is 24.3. The van der Waals surface area contributed by atoms with Crippen LogP contribution in [0.25, 0.3) is 22.0 Å². The fourth-order valence-corrected chi connectivity index (χ4v) is 7.20. The van der Waals surface area contributed by atoms with Gasteiger partial charge in [-0.15, -0.1) is 0 Å². The number of fused-ring (bicyclic) bond motifs is 3. The second kappa shape index (κ2) is 16.1. The van der Waals surface area contributed by atoms with Gasteiger partial charge in [-0.05, 0) is 88.1 Å². The van der Waals surface area contributed by atoms with Gasteiger partial charge in [0.1, 0.15) is 0 Å². The van der Waals surface area contributed by atoms with Crippen LogP contribution in [0.5, 0.6) is 0 Å². The first kappa shape index (κ1) is 36.2. The molecule has 1 N–H and O–H groups in total. The van der Waals surface area contributed by atoms with Gasteiger partial charge in [-0.3, -0.25) is 0 Å². The molecule has 50 heavy (non-hydrogen) atoms. The number of nitrogens with zero attached hydrogens (tertiary/aromatic N) is 1. The first-order valence-electron chi connectivity index (χ1n) is 18.4. The van der Waals surface area contributed by atoms with Crippen molar-refractivity contribution >= 4 is 27.7 Å². The standard InChI is InChI=1S/C44H42N2.2C2H6/c1-6-7-9-16-30(2)38-28-32(29-41(38)45-33-17-10-8-11-18-33)31-23-26-42-39(27-31)37-25-24-36(43(37)46(42)34-19-12-13-20-34)35-21-14-15-22-40(35)44(3,4)5;2*1-2/h6-24,26-28,34,45H,1,25,29H2,2-5H3;2*1-2H3/b9-7-,30-16+;;. The molecule has 0 saturated heterocycles. The minimum absolute atomic E-state index is 0.0521. The number of hydrogen-bond donors (Lipinski definition) is 1. The Labute approximate surface area is 301 Å². The lowest BCUT2D eigenvalue weighted by molar-refractivity contribution is 0.588. The summed E-state index contributed by atoms with van der Waals surface area (Å²) in [5.41, 5.74) is 15.7. The summed E-state index contributed by atoms with van der Waals surface area (Å²) >= 11 is 0. The molecule has 0 amide bonds. The van der Waals surface area contributed by atoms with Gasteiger partial charge < -0.3 is 9.88 Å². The van der Waals surface area contributed by atoms with E-state index in [-0.39, 0.29) is 11.5 Å². The number of para-hydroxylation sites is 1. The van der Waals surface area contributed by atoms with E-state index in [4.69, 9.17) is 0 Å². The Morgan fingerprint density at radius 2 is 1.58 bits per heavy atom. The van der Waals surface area contributed by atoms with Crippen LogP contribution in [0.3, 0.4) is 0 Å². The lowest BCUT2D eigenvalue weighted by Crippen LogP contribution is -2.15. The van der Waals surface area contributed by atoms with Crippen LogP contribution in [-0.2, 0) is 11.8 Å². The van der Waals surface area contributed by atoms with Gasteiger partial charge in [0.05, 0.1) is 11.7 Å².